The molecule has 1 atom stereocenters. The third-order valence-electron chi connectivity index (χ3n) is 6.01. The fraction of sp³-hybridized carbons (Fsp3) is 0.194. The summed E-state index contributed by atoms with van der Waals surface area (Å²) in [5.74, 6) is 0. The molecule has 7 heteroatoms. The van der Waals surface area contributed by atoms with Gasteiger partial charge in [-0.1, -0.05) is 19.4 Å². The Hall–Kier alpha value is -3.77. The van der Waals surface area contributed by atoms with E-state index < -0.39 is 0 Å². The monoisotopic (exact) mass is 544 g/mol. The van der Waals surface area contributed by atoms with Crippen molar-refractivity contribution in [3.63, 3.8) is 0 Å². The number of pyridine rings is 1. The number of unbranched alkanes of at least 4 members (excludes halogenated alkanes) is 1. The van der Waals surface area contributed by atoms with Crippen molar-refractivity contribution in [2.45, 2.75) is 32.8 Å². The summed E-state index contributed by atoms with van der Waals surface area (Å²) in [6.07, 6.45) is 12.3. The van der Waals surface area contributed by atoms with Crippen LogP contribution in [0, 0.1) is 0 Å². The molecule has 0 aromatic carbocycles. The molecule has 4 aromatic heterocycles. The predicted molar refractivity (Wildman–Crippen MR) is 152 cm³/mol. The van der Waals surface area contributed by atoms with Crippen LogP contribution in [-0.2, 0) is 21.8 Å². The summed E-state index contributed by atoms with van der Waals surface area (Å²) in [7, 11) is 0. The summed E-state index contributed by atoms with van der Waals surface area (Å²) in [5, 5.41) is 0. The molecule has 0 saturated heterocycles. The maximum Gasteiger partial charge on any atom is 0.0966 e. The SMILES string of the molecule is C1=Cc2cc3ccc(cc4ccc(cc5nc(cc1n2)C=C5)[nH]4)[nH]3.CCCCOC(C)c1ccccn1.[Mn]. The first kappa shape index (κ1) is 27.3. The fourth-order valence-corrected chi connectivity index (χ4v) is 4.05. The molecule has 2 N–H and O–H groups in total. The van der Waals surface area contributed by atoms with Crippen molar-refractivity contribution >= 4 is 46.4 Å². The number of H-pyrrole nitrogens is 2. The van der Waals surface area contributed by atoms with Gasteiger partial charge in [-0.3, -0.25) is 4.98 Å². The van der Waals surface area contributed by atoms with Crippen molar-refractivity contribution in [1.82, 2.24) is 24.9 Å². The van der Waals surface area contributed by atoms with Gasteiger partial charge in [0.1, 0.15) is 0 Å². The topological polar surface area (TPSA) is 79.5 Å². The minimum atomic E-state index is 0. The summed E-state index contributed by atoms with van der Waals surface area (Å²) >= 11 is 0. The molecule has 0 aliphatic carbocycles. The van der Waals surface area contributed by atoms with Crippen LogP contribution in [0.25, 0.3) is 46.4 Å². The number of aromatic nitrogens is 5. The van der Waals surface area contributed by atoms with Gasteiger partial charge in [-0.2, -0.15) is 0 Å². The number of nitrogens with zero attached hydrogens (tertiary/aromatic N) is 3. The molecular weight excluding hydrogens is 513 g/mol. The number of rotatable bonds is 5. The van der Waals surface area contributed by atoms with Crippen molar-refractivity contribution in [1.29, 1.82) is 0 Å². The van der Waals surface area contributed by atoms with Crippen molar-refractivity contribution < 1.29 is 21.8 Å². The standard InChI is InChI=1S/C20H14N4.C11H17NO.Mn/c1-2-14-10-16-5-6-18(23-16)12-20-8-7-19(24-20)11-17-4-3-15(22-17)9-13(1)21-14;1-3-4-9-13-10(2)11-7-5-6-8-12-11;/h1-12,21-22H;5-8,10H,3-4,9H2,1-2H3;. The van der Waals surface area contributed by atoms with Gasteiger partial charge < -0.3 is 14.7 Å². The van der Waals surface area contributed by atoms with Crippen LogP contribution in [0.2, 0.25) is 0 Å². The van der Waals surface area contributed by atoms with E-state index in [0.29, 0.717) is 0 Å². The molecule has 8 bridgehead atoms. The molecule has 2 aliphatic heterocycles. The molecule has 193 valence electrons. The third kappa shape index (κ3) is 7.39. The Balaban J connectivity index is 0.000000207. The quantitative estimate of drug-likeness (QED) is 0.173. The van der Waals surface area contributed by atoms with Gasteiger partial charge in [-0.05, 0) is 98.3 Å². The van der Waals surface area contributed by atoms with Crippen LogP contribution >= 0.6 is 0 Å². The van der Waals surface area contributed by atoms with Crippen LogP contribution in [0.15, 0.2) is 72.9 Å². The smallest absolute Gasteiger partial charge is 0.0966 e. The number of hydrogen-bond acceptors (Lipinski definition) is 4. The van der Waals surface area contributed by atoms with E-state index in [1.165, 1.54) is 6.42 Å². The van der Waals surface area contributed by atoms with Crippen LogP contribution in [0.3, 0.4) is 0 Å². The average molecular weight is 545 g/mol. The van der Waals surface area contributed by atoms with Crippen LogP contribution in [0.1, 0.15) is 61.3 Å². The molecule has 6 rings (SSSR count). The van der Waals surface area contributed by atoms with Gasteiger partial charge in [-0.15, -0.1) is 0 Å². The van der Waals surface area contributed by atoms with Crippen molar-refractivity contribution in [2.75, 3.05) is 6.61 Å². The summed E-state index contributed by atoms with van der Waals surface area (Å²) < 4.78 is 5.61. The maximum absolute atomic E-state index is 5.61. The van der Waals surface area contributed by atoms with Gasteiger partial charge in [0.15, 0.2) is 0 Å². The van der Waals surface area contributed by atoms with E-state index >= 15 is 0 Å². The van der Waals surface area contributed by atoms with Gasteiger partial charge in [0.2, 0.25) is 0 Å². The van der Waals surface area contributed by atoms with E-state index in [-0.39, 0.29) is 23.2 Å². The molecule has 6 heterocycles. The van der Waals surface area contributed by atoms with Crippen LogP contribution in [0.4, 0.5) is 0 Å². The van der Waals surface area contributed by atoms with Crippen molar-refractivity contribution in [2.24, 2.45) is 0 Å². The number of aromatic amines is 2. The van der Waals surface area contributed by atoms with E-state index in [1.54, 1.807) is 6.20 Å². The van der Waals surface area contributed by atoms with E-state index in [9.17, 15) is 0 Å². The zero-order valence-electron chi connectivity index (χ0n) is 21.6. The van der Waals surface area contributed by atoms with Gasteiger partial charge in [0.25, 0.3) is 0 Å². The zero-order valence-corrected chi connectivity index (χ0v) is 22.7. The van der Waals surface area contributed by atoms with E-state index in [1.807, 2.05) is 67.6 Å². The van der Waals surface area contributed by atoms with Gasteiger partial charge in [-0.25, -0.2) is 9.97 Å². The minimum Gasteiger partial charge on any atom is -0.372 e. The molecule has 4 aromatic rings. The molecule has 6 nitrogen and oxygen atoms in total. The van der Waals surface area contributed by atoms with Gasteiger partial charge >= 0.3 is 0 Å². The molecule has 0 fully saturated rings. The Bertz CT molecular complexity index is 1480. The molecule has 0 saturated carbocycles. The second-order valence-electron chi connectivity index (χ2n) is 9.03. The van der Waals surface area contributed by atoms with Crippen molar-refractivity contribution in [3.05, 3.63) is 101 Å². The van der Waals surface area contributed by atoms with Crippen LogP contribution in [0.5, 0.6) is 0 Å². The number of hydrogen-bond donors (Lipinski definition) is 2. The largest absolute Gasteiger partial charge is 0.372 e. The minimum absolute atomic E-state index is 0. The molecule has 38 heavy (non-hydrogen) atoms. The molecular formula is C31H31MnN5O. The Kier molecular flexibility index (Phi) is 9.44. The summed E-state index contributed by atoms with van der Waals surface area (Å²) in [5.41, 5.74) is 8.87. The first-order valence-electron chi connectivity index (χ1n) is 12.7. The Morgan fingerprint density at radius 1 is 0.711 bits per heavy atom. The Morgan fingerprint density at radius 3 is 1.74 bits per heavy atom. The Morgan fingerprint density at radius 2 is 1.24 bits per heavy atom. The zero-order chi connectivity index (χ0) is 25.5. The average Bonchev–Trinajstić information content (AvgIpc) is 3.71. The van der Waals surface area contributed by atoms with Crippen LogP contribution in [-0.4, -0.2) is 31.5 Å². The second kappa shape index (κ2) is 13.2. The molecule has 1 unspecified atom stereocenters. The van der Waals surface area contributed by atoms with Crippen LogP contribution < -0.4 is 0 Å². The first-order chi connectivity index (χ1) is 18.1. The number of fused-ring (bicyclic) bond motifs is 8. The molecule has 2 aliphatic rings. The molecule has 0 amide bonds. The molecule has 1 radical (unpaired) electrons. The summed E-state index contributed by atoms with van der Waals surface area (Å²) in [6.45, 7) is 5.03. The summed E-state index contributed by atoms with van der Waals surface area (Å²) in [4.78, 5) is 20.3. The number of nitrogens with one attached hydrogen (secondary N) is 2. The first-order valence-corrected chi connectivity index (χ1v) is 12.7. The number of ether oxygens (including phenoxy) is 1. The van der Waals surface area contributed by atoms with Crippen molar-refractivity contribution in [3.8, 4) is 0 Å². The molecule has 0 spiro atoms. The van der Waals surface area contributed by atoms with Gasteiger partial charge in [0, 0.05) is 51.9 Å². The fourth-order valence-electron chi connectivity index (χ4n) is 4.05. The van der Waals surface area contributed by atoms with E-state index in [4.69, 9.17) is 4.74 Å². The second-order valence-corrected chi connectivity index (χ2v) is 9.03. The van der Waals surface area contributed by atoms with Gasteiger partial charge in [0.05, 0.1) is 34.6 Å². The van der Waals surface area contributed by atoms with E-state index in [2.05, 4.69) is 62.2 Å². The third-order valence-corrected chi connectivity index (χ3v) is 6.01. The maximum atomic E-state index is 5.61. The predicted octanol–water partition coefficient (Wildman–Crippen LogP) is 7.61. The Labute approximate surface area is 233 Å². The normalized spacial score (nSPS) is 12.4. The van der Waals surface area contributed by atoms with E-state index in [0.717, 1.165) is 63.6 Å². The summed E-state index contributed by atoms with van der Waals surface area (Å²) in [6, 6.07) is 22.3.